The Morgan fingerprint density at radius 3 is 2.48 bits per heavy atom. The zero-order chi connectivity index (χ0) is 22.3. The van der Waals surface area contributed by atoms with Crippen molar-refractivity contribution in [2.24, 2.45) is 0 Å². The first-order valence-corrected chi connectivity index (χ1v) is 10.9. The highest BCUT2D eigenvalue weighted by atomic mass is 16.5. The lowest BCUT2D eigenvalue weighted by Crippen LogP contribution is -2.17. The Labute approximate surface area is 192 Å². The van der Waals surface area contributed by atoms with Crippen molar-refractivity contribution >= 4 is 10.8 Å². The number of aromatic nitrogens is 5. The topological polar surface area (TPSA) is 77.8 Å². The Balaban J connectivity index is 1.23. The van der Waals surface area contributed by atoms with Gasteiger partial charge in [0.1, 0.15) is 12.9 Å². The van der Waals surface area contributed by atoms with E-state index in [1.54, 1.807) is 12.5 Å². The summed E-state index contributed by atoms with van der Waals surface area (Å²) in [5, 5.41) is 14.0. The minimum atomic E-state index is 0.320. The summed E-state index contributed by atoms with van der Waals surface area (Å²) in [7, 11) is 0. The van der Waals surface area contributed by atoms with Crippen molar-refractivity contribution in [3.05, 3.63) is 108 Å². The Morgan fingerprint density at radius 1 is 0.818 bits per heavy atom. The number of hydrogen-bond donors (Lipinski definition) is 1. The maximum atomic E-state index is 6.03. The Morgan fingerprint density at radius 2 is 1.64 bits per heavy atom. The predicted octanol–water partition coefficient (Wildman–Crippen LogP) is 4.12. The van der Waals surface area contributed by atoms with E-state index in [1.165, 1.54) is 5.56 Å². The molecular weight excluding hydrogens is 412 g/mol. The van der Waals surface area contributed by atoms with E-state index >= 15 is 0 Å². The predicted molar refractivity (Wildman–Crippen MR) is 127 cm³/mol. The van der Waals surface area contributed by atoms with E-state index in [-0.39, 0.29) is 0 Å². The highest BCUT2D eigenvalue weighted by Crippen LogP contribution is 2.27. The van der Waals surface area contributed by atoms with Gasteiger partial charge in [0.15, 0.2) is 5.82 Å². The first kappa shape index (κ1) is 20.8. The second-order valence-electron chi connectivity index (χ2n) is 7.67. The normalized spacial score (nSPS) is 11.0. The molecule has 5 rings (SSSR count). The molecule has 0 radical (unpaired) electrons. The van der Waals surface area contributed by atoms with Crippen molar-refractivity contribution in [3.63, 3.8) is 0 Å². The highest BCUT2D eigenvalue weighted by molar-refractivity contribution is 5.91. The van der Waals surface area contributed by atoms with Crippen LogP contribution in [-0.2, 0) is 19.6 Å². The van der Waals surface area contributed by atoms with Gasteiger partial charge in [0.05, 0.1) is 11.4 Å². The monoisotopic (exact) mass is 436 g/mol. The number of nitrogens with one attached hydrogen (secondary N) is 1. The molecule has 1 N–H and O–H groups in total. The standard InChI is InChI=1S/C26H24N6O/c1-2-7-20(8-3-1)13-14-27-17-21-9-6-10-22(29-21)18-33-26-24-12-5-4-11-23(24)25(30-31-26)32-16-15-28-19-32/h1-12,15-16,19,27H,13-14,17-18H2. The van der Waals surface area contributed by atoms with E-state index in [2.05, 4.69) is 44.8 Å². The van der Waals surface area contributed by atoms with Gasteiger partial charge in [0, 0.05) is 29.7 Å². The van der Waals surface area contributed by atoms with Crippen molar-refractivity contribution in [1.29, 1.82) is 0 Å². The van der Waals surface area contributed by atoms with E-state index in [0.717, 1.165) is 40.9 Å². The number of ether oxygens (including phenoxy) is 1. The molecule has 0 bridgehead atoms. The van der Waals surface area contributed by atoms with E-state index in [0.29, 0.717) is 19.0 Å². The maximum Gasteiger partial charge on any atom is 0.241 e. The molecule has 0 amide bonds. The molecule has 3 aromatic heterocycles. The number of imidazole rings is 1. The number of nitrogens with zero attached hydrogens (tertiary/aromatic N) is 5. The maximum absolute atomic E-state index is 6.03. The van der Waals surface area contributed by atoms with E-state index in [1.807, 2.05) is 59.3 Å². The third kappa shape index (κ3) is 5.05. The van der Waals surface area contributed by atoms with E-state index in [9.17, 15) is 0 Å². The summed E-state index contributed by atoms with van der Waals surface area (Å²) < 4.78 is 7.88. The summed E-state index contributed by atoms with van der Waals surface area (Å²) in [5.41, 5.74) is 3.16. The third-order valence-corrected chi connectivity index (χ3v) is 5.34. The van der Waals surface area contributed by atoms with Crippen LogP contribution in [0.3, 0.4) is 0 Å². The lowest BCUT2D eigenvalue weighted by molar-refractivity contribution is 0.289. The molecule has 164 valence electrons. The lowest BCUT2D eigenvalue weighted by atomic mass is 10.1. The Bertz CT molecular complexity index is 1320. The van der Waals surface area contributed by atoms with Crippen LogP contribution in [0.4, 0.5) is 0 Å². The minimum Gasteiger partial charge on any atom is -0.470 e. The van der Waals surface area contributed by atoms with Crippen molar-refractivity contribution in [1.82, 2.24) is 30.0 Å². The molecule has 5 aromatic rings. The van der Waals surface area contributed by atoms with Gasteiger partial charge in [-0.05, 0) is 36.7 Å². The quantitative estimate of drug-likeness (QED) is 0.350. The van der Waals surface area contributed by atoms with Crippen LogP contribution in [0.15, 0.2) is 91.5 Å². The van der Waals surface area contributed by atoms with Gasteiger partial charge in [-0.3, -0.25) is 9.55 Å². The summed E-state index contributed by atoms with van der Waals surface area (Å²) in [5.74, 6) is 1.21. The molecule has 0 aliphatic heterocycles. The second kappa shape index (κ2) is 10.0. The molecule has 0 unspecified atom stereocenters. The zero-order valence-electron chi connectivity index (χ0n) is 18.1. The van der Waals surface area contributed by atoms with Crippen molar-refractivity contribution < 1.29 is 4.74 Å². The number of pyridine rings is 1. The van der Waals surface area contributed by atoms with Crippen LogP contribution in [0.2, 0.25) is 0 Å². The molecular formula is C26H24N6O. The van der Waals surface area contributed by atoms with Gasteiger partial charge in [0.2, 0.25) is 5.88 Å². The van der Waals surface area contributed by atoms with Gasteiger partial charge in [-0.1, -0.05) is 54.6 Å². The summed E-state index contributed by atoms with van der Waals surface area (Å²) in [6, 6.07) is 24.4. The number of hydrogen-bond acceptors (Lipinski definition) is 6. The van der Waals surface area contributed by atoms with E-state index < -0.39 is 0 Å². The van der Waals surface area contributed by atoms with Crippen LogP contribution in [0.1, 0.15) is 17.0 Å². The molecule has 7 nitrogen and oxygen atoms in total. The largest absolute Gasteiger partial charge is 0.470 e. The van der Waals surface area contributed by atoms with Crippen LogP contribution in [0, 0.1) is 0 Å². The van der Waals surface area contributed by atoms with Gasteiger partial charge >= 0.3 is 0 Å². The molecule has 0 saturated carbocycles. The van der Waals surface area contributed by atoms with Gasteiger partial charge in [0.25, 0.3) is 0 Å². The van der Waals surface area contributed by atoms with Crippen LogP contribution in [-0.4, -0.2) is 31.3 Å². The number of rotatable bonds is 9. The minimum absolute atomic E-state index is 0.320. The van der Waals surface area contributed by atoms with Crippen LogP contribution in [0.25, 0.3) is 16.6 Å². The first-order valence-electron chi connectivity index (χ1n) is 10.9. The molecule has 7 heteroatoms. The molecule has 0 aliphatic rings. The highest BCUT2D eigenvalue weighted by Gasteiger charge is 2.12. The Hall–Kier alpha value is -4.10. The smallest absolute Gasteiger partial charge is 0.241 e. The van der Waals surface area contributed by atoms with Crippen LogP contribution < -0.4 is 10.1 Å². The average molecular weight is 437 g/mol. The molecule has 33 heavy (non-hydrogen) atoms. The van der Waals surface area contributed by atoms with Crippen LogP contribution >= 0.6 is 0 Å². The van der Waals surface area contributed by atoms with E-state index in [4.69, 9.17) is 9.72 Å². The first-order chi connectivity index (χ1) is 16.4. The molecule has 0 atom stereocenters. The van der Waals surface area contributed by atoms with Crippen LogP contribution in [0.5, 0.6) is 5.88 Å². The fraction of sp³-hybridized carbons (Fsp3) is 0.154. The lowest BCUT2D eigenvalue weighted by Gasteiger charge is -2.11. The second-order valence-corrected chi connectivity index (χ2v) is 7.67. The third-order valence-electron chi connectivity index (χ3n) is 5.34. The fourth-order valence-electron chi connectivity index (χ4n) is 3.69. The fourth-order valence-corrected chi connectivity index (χ4v) is 3.69. The molecule has 0 saturated heterocycles. The molecule has 3 heterocycles. The number of fused-ring (bicyclic) bond motifs is 1. The van der Waals surface area contributed by atoms with Gasteiger partial charge in [-0.15, -0.1) is 10.2 Å². The van der Waals surface area contributed by atoms with Crippen molar-refractivity contribution in [2.75, 3.05) is 6.54 Å². The van der Waals surface area contributed by atoms with Crippen molar-refractivity contribution in [2.45, 2.75) is 19.6 Å². The molecule has 2 aromatic carbocycles. The van der Waals surface area contributed by atoms with Crippen molar-refractivity contribution in [3.8, 4) is 11.7 Å². The number of benzene rings is 2. The Kier molecular flexibility index (Phi) is 6.31. The molecule has 0 fully saturated rings. The van der Waals surface area contributed by atoms with Gasteiger partial charge < -0.3 is 10.1 Å². The summed E-state index contributed by atoms with van der Waals surface area (Å²) in [6.07, 6.45) is 6.26. The van der Waals surface area contributed by atoms with Gasteiger partial charge in [-0.2, -0.15) is 0 Å². The average Bonchev–Trinajstić information content (AvgIpc) is 3.41. The molecule has 0 aliphatic carbocycles. The zero-order valence-corrected chi connectivity index (χ0v) is 18.1. The van der Waals surface area contributed by atoms with Gasteiger partial charge in [-0.25, -0.2) is 4.98 Å². The summed E-state index contributed by atoms with van der Waals surface area (Å²) >= 11 is 0. The molecule has 0 spiro atoms. The SMILES string of the molecule is c1ccc(CCNCc2cccc(COc3nnc(-n4ccnc4)c4ccccc34)n2)cc1. The summed E-state index contributed by atoms with van der Waals surface area (Å²) in [6.45, 7) is 1.93. The summed E-state index contributed by atoms with van der Waals surface area (Å²) in [4.78, 5) is 8.83.